The molecule has 1 aliphatic rings. The van der Waals surface area contributed by atoms with Gasteiger partial charge in [0.25, 0.3) is 0 Å². The molecule has 20 heavy (non-hydrogen) atoms. The molecule has 0 amide bonds. The second-order valence-electron chi connectivity index (χ2n) is 4.66. The first-order valence-electron chi connectivity index (χ1n) is 6.95. The molecule has 0 spiro atoms. The van der Waals surface area contributed by atoms with Crippen LogP contribution in [0.5, 0.6) is 0 Å². The van der Waals surface area contributed by atoms with Crippen molar-refractivity contribution >= 4 is 17.5 Å². The molecule has 2 rings (SSSR count). The highest BCUT2D eigenvalue weighted by Gasteiger charge is 2.24. The maximum absolute atomic E-state index is 11.8. The number of ether oxygens (including phenoxy) is 2. The van der Waals surface area contributed by atoms with Gasteiger partial charge in [0, 0.05) is 19.3 Å². The van der Waals surface area contributed by atoms with Gasteiger partial charge in [0.05, 0.1) is 30.6 Å². The zero-order chi connectivity index (χ0) is 14.5. The Morgan fingerprint density at radius 3 is 3.10 bits per heavy atom. The van der Waals surface area contributed by atoms with Crippen LogP contribution >= 0.6 is 0 Å². The molecule has 0 radical (unpaired) electrons. The van der Waals surface area contributed by atoms with Crippen molar-refractivity contribution in [1.82, 2.24) is 4.98 Å². The molecule has 0 aliphatic carbocycles. The van der Waals surface area contributed by atoms with Crippen LogP contribution in [-0.2, 0) is 9.47 Å². The van der Waals surface area contributed by atoms with Crippen LogP contribution in [0.2, 0.25) is 0 Å². The number of anilines is 2. The molecular formula is C14H21N3O3. The predicted molar refractivity (Wildman–Crippen MR) is 76.8 cm³/mol. The summed E-state index contributed by atoms with van der Waals surface area (Å²) in [4.78, 5) is 18.2. The van der Waals surface area contributed by atoms with Gasteiger partial charge in [0.15, 0.2) is 5.82 Å². The molecule has 1 unspecified atom stereocenters. The van der Waals surface area contributed by atoms with Crippen molar-refractivity contribution in [2.24, 2.45) is 0 Å². The molecule has 6 nitrogen and oxygen atoms in total. The predicted octanol–water partition coefficient (Wildman–Crippen LogP) is 1.46. The summed E-state index contributed by atoms with van der Waals surface area (Å²) in [5, 5.41) is 0. The fourth-order valence-corrected chi connectivity index (χ4v) is 2.26. The van der Waals surface area contributed by atoms with E-state index in [1.807, 2.05) is 0 Å². The van der Waals surface area contributed by atoms with Crippen LogP contribution in [0.4, 0.5) is 11.5 Å². The van der Waals surface area contributed by atoms with Crippen molar-refractivity contribution in [3.05, 3.63) is 17.8 Å². The SMILES string of the molecule is CCOC(=O)c1ccnc(N2CCOC(CC)C2)c1N. The third-order valence-corrected chi connectivity index (χ3v) is 3.36. The topological polar surface area (TPSA) is 77.7 Å². The molecule has 2 heterocycles. The van der Waals surface area contributed by atoms with Crippen molar-refractivity contribution in [3.63, 3.8) is 0 Å². The summed E-state index contributed by atoms with van der Waals surface area (Å²) in [5.74, 6) is 0.228. The highest BCUT2D eigenvalue weighted by molar-refractivity contribution is 5.97. The van der Waals surface area contributed by atoms with Gasteiger partial charge in [-0.2, -0.15) is 0 Å². The number of hydrogen-bond acceptors (Lipinski definition) is 6. The van der Waals surface area contributed by atoms with Gasteiger partial charge in [-0.1, -0.05) is 6.92 Å². The van der Waals surface area contributed by atoms with Crippen molar-refractivity contribution < 1.29 is 14.3 Å². The van der Waals surface area contributed by atoms with Crippen LogP contribution in [0, 0.1) is 0 Å². The number of pyridine rings is 1. The first kappa shape index (κ1) is 14.6. The fourth-order valence-electron chi connectivity index (χ4n) is 2.26. The molecule has 0 bridgehead atoms. The Morgan fingerprint density at radius 1 is 1.60 bits per heavy atom. The van der Waals surface area contributed by atoms with Gasteiger partial charge in [-0.25, -0.2) is 9.78 Å². The monoisotopic (exact) mass is 279 g/mol. The van der Waals surface area contributed by atoms with Crippen molar-refractivity contribution in [1.29, 1.82) is 0 Å². The van der Waals surface area contributed by atoms with Crippen molar-refractivity contribution in [2.75, 3.05) is 36.9 Å². The maximum Gasteiger partial charge on any atom is 0.340 e. The summed E-state index contributed by atoms with van der Waals surface area (Å²) >= 11 is 0. The summed E-state index contributed by atoms with van der Waals surface area (Å²) in [7, 11) is 0. The van der Waals surface area contributed by atoms with E-state index in [1.165, 1.54) is 0 Å². The first-order chi connectivity index (χ1) is 9.67. The van der Waals surface area contributed by atoms with Gasteiger partial charge in [0.2, 0.25) is 0 Å². The number of nitrogens with two attached hydrogens (primary N) is 1. The molecule has 1 aliphatic heterocycles. The molecular weight excluding hydrogens is 258 g/mol. The van der Waals surface area contributed by atoms with E-state index in [9.17, 15) is 4.79 Å². The quantitative estimate of drug-likeness (QED) is 0.841. The average molecular weight is 279 g/mol. The van der Waals surface area contributed by atoms with E-state index in [-0.39, 0.29) is 6.10 Å². The molecule has 0 aromatic carbocycles. The van der Waals surface area contributed by atoms with E-state index in [0.717, 1.165) is 19.5 Å². The number of carbonyl (C=O) groups excluding carboxylic acids is 1. The number of nitrogens with zero attached hydrogens (tertiary/aromatic N) is 2. The third kappa shape index (κ3) is 3.01. The Morgan fingerprint density at radius 2 is 2.40 bits per heavy atom. The van der Waals surface area contributed by atoms with Crippen LogP contribution in [0.15, 0.2) is 12.3 Å². The van der Waals surface area contributed by atoms with Crippen LogP contribution in [0.25, 0.3) is 0 Å². The normalized spacial score (nSPS) is 18.9. The Hall–Kier alpha value is -1.82. The summed E-state index contributed by atoms with van der Waals surface area (Å²) in [5.41, 5.74) is 6.84. The van der Waals surface area contributed by atoms with E-state index in [0.29, 0.717) is 30.3 Å². The number of aromatic nitrogens is 1. The largest absolute Gasteiger partial charge is 0.462 e. The summed E-state index contributed by atoms with van der Waals surface area (Å²) in [6, 6.07) is 1.59. The Bertz CT molecular complexity index is 479. The molecule has 6 heteroatoms. The molecule has 1 atom stereocenters. The minimum absolute atomic E-state index is 0.177. The highest BCUT2D eigenvalue weighted by atomic mass is 16.5. The third-order valence-electron chi connectivity index (χ3n) is 3.36. The summed E-state index contributed by atoms with van der Waals surface area (Å²) in [6.45, 7) is 6.28. The Kier molecular flexibility index (Phi) is 4.79. The average Bonchev–Trinajstić information content (AvgIpc) is 2.47. The lowest BCUT2D eigenvalue weighted by atomic mass is 10.1. The number of morpholine rings is 1. The number of carbonyl (C=O) groups is 1. The second-order valence-corrected chi connectivity index (χ2v) is 4.66. The van der Waals surface area contributed by atoms with E-state index >= 15 is 0 Å². The van der Waals surface area contributed by atoms with Crippen LogP contribution in [0.3, 0.4) is 0 Å². The number of rotatable bonds is 4. The van der Waals surface area contributed by atoms with Gasteiger partial charge in [0.1, 0.15) is 0 Å². The van der Waals surface area contributed by atoms with E-state index in [2.05, 4.69) is 16.8 Å². The second kappa shape index (κ2) is 6.56. The summed E-state index contributed by atoms with van der Waals surface area (Å²) in [6.07, 6.45) is 2.71. The number of hydrogen-bond donors (Lipinski definition) is 1. The highest BCUT2D eigenvalue weighted by Crippen LogP contribution is 2.26. The lowest BCUT2D eigenvalue weighted by Crippen LogP contribution is -2.43. The zero-order valence-electron chi connectivity index (χ0n) is 12.0. The van der Waals surface area contributed by atoms with E-state index in [4.69, 9.17) is 15.2 Å². The smallest absolute Gasteiger partial charge is 0.340 e. The van der Waals surface area contributed by atoms with Crippen LogP contribution in [0.1, 0.15) is 30.6 Å². The van der Waals surface area contributed by atoms with Crippen molar-refractivity contribution in [2.45, 2.75) is 26.4 Å². The standard InChI is InChI=1S/C14H21N3O3/c1-3-10-9-17(7-8-20-10)13-12(15)11(5-6-16-13)14(18)19-4-2/h5-6,10H,3-4,7-9,15H2,1-2H3. The van der Waals surface area contributed by atoms with Gasteiger partial charge in [-0.05, 0) is 19.4 Å². The zero-order valence-corrected chi connectivity index (χ0v) is 12.0. The van der Waals surface area contributed by atoms with Gasteiger partial charge in [-0.3, -0.25) is 0 Å². The molecule has 110 valence electrons. The summed E-state index contributed by atoms with van der Waals surface area (Å²) < 4.78 is 10.6. The molecule has 2 N–H and O–H groups in total. The minimum Gasteiger partial charge on any atom is -0.462 e. The Labute approximate surface area is 118 Å². The van der Waals surface area contributed by atoms with Gasteiger partial charge < -0.3 is 20.1 Å². The molecule has 1 aromatic rings. The van der Waals surface area contributed by atoms with E-state index in [1.54, 1.807) is 19.2 Å². The fraction of sp³-hybridized carbons (Fsp3) is 0.571. The first-order valence-corrected chi connectivity index (χ1v) is 6.95. The van der Waals surface area contributed by atoms with Gasteiger partial charge >= 0.3 is 5.97 Å². The minimum atomic E-state index is -0.408. The Balaban J connectivity index is 2.24. The molecule has 1 saturated heterocycles. The van der Waals surface area contributed by atoms with Gasteiger partial charge in [-0.15, -0.1) is 0 Å². The number of nitrogen functional groups attached to an aromatic ring is 1. The molecule has 1 fully saturated rings. The lowest BCUT2D eigenvalue weighted by molar-refractivity contribution is 0.0382. The van der Waals surface area contributed by atoms with E-state index < -0.39 is 5.97 Å². The maximum atomic E-state index is 11.8. The van der Waals surface area contributed by atoms with Crippen LogP contribution < -0.4 is 10.6 Å². The van der Waals surface area contributed by atoms with Crippen LogP contribution in [-0.4, -0.2) is 43.4 Å². The lowest BCUT2D eigenvalue weighted by Gasteiger charge is -2.34. The number of esters is 1. The molecule has 1 aromatic heterocycles. The van der Waals surface area contributed by atoms with Crippen molar-refractivity contribution in [3.8, 4) is 0 Å². The molecule has 0 saturated carbocycles.